The molecule has 0 unspecified atom stereocenters. The molecule has 4 atom stereocenters. The van der Waals surface area contributed by atoms with Crippen LogP contribution in [0.25, 0.3) is 0 Å². The van der Waals surface area contributed by atoms with Crippen LogP contribution in [0.2, 0.25) is 5.02 Å². The molecule has 3 rings (SSSR count). The van der Waals surface area contributed by atoms with E-state index in [-0.39, 0.29) is 29.5 Å². The van der Waals surface area contributed by atoms with Crippen molar-refractivity contribution in [3.63, 3.8) is 0 Å². The maximum absolute atomic E-state index is 12.2. The Bertz CT molecular complexity index is 651. The van der Waals surface area contributed by atoms with Gasteiger partial charge in [-0.1, -0.05) is 18.5 Å². The van der Waals surface area contributed by atoms with E-state index < -0.39 is 5.60 Å². The number of allylic oxidation sites excluding steroid dienone is 1. The van der Waals surface area contributed by atoms with Gasteiger partial charge in [0.25, 0.3) is 0 Å². The van der Waals surface area contributed by atoms with Gasteiger partial charge in [0, 0.05) is 28.8 Å². The van der Waals surface area contributed by atoms with Crippen LogP contribution in [-0.4, -0.2) is 23.3 Å². The van der Waals surface area contributed by atoms with Crippen LogP contribution >= 0.6 is 11.6 Å². The maximum atomic E-state index is 12.2. The van der Waals surface area contributed by atoms with Crippen molar-refractivity contribution >= 4 is 23.2 Å². The third-order valence-electron chi connectivity index (χ3n) is 4.89. The largest absolute Gasteiger partial charge is 0.299 e. The summed E-state index contributed by atoms with van der Waals surface area (Å²) in [6.07, 6.45) is 4.22. The van der Waals surface area contributed by atoms with Crippen LogP contribution in [0.5, 0.6) is 0 Å². The molecule has 0 radical (unpaired) electrons. The minimum Gasteiger partial charge on any atom is -0.299 e. The number of fused-ring (bicyclic) bond motifs is 2. The van der Waals surface area contributed by atoms with Crippen LogP contribution in [-0.2, 0) is 14.6 Å². The van der Waals surface area contributed by atoms with E-state index in [1.54, 1.807) is 30.3 Å². The van der Waals surface area contributed by atoms with E-state index in [1.165, 1.54) is 6.08 Å². The number of carbonyl (C=O) groups is 2. The highest BCUT2D eigenvalue weighted by Gasteiger charge is 2.48. The summed E-state index contributed by atoms with van der Waals surface area (Å²) in [4.78, 5) is 35.2. The average molecular weight is 335 g/mol. The molecule has 1 aliphatic heterocycles. The first-order chi connectivity index (χ1) is 10.9. The third-order valence-corrected chi connectivity index (χ3v) is 5.14. The smallest absolute Gasteiger partial charge is 0.185 e. The molecule has 1 aromatic carbocycles. The van der Waals surface area contributed by atoms with E-state index in [0.717, 1.165) is 6.42 Å². The monoisotopic (exact) mass is 334 g/mol. The van der Waals surface area contributed by atoms with Gasteiger partial charge >= 0.3 is 0 Å². The molecule has 23 heavy (non-hydrogen) atoms. The summed E-state index contributed by atoms with van der Waals surface area (Å²) in [6.45, 7) is 3.72. The normalized spacial score (nSPS) is 33.9. The van der Waals surface area contributed by atoms with Crippen LogP contribution in [0.1, 0.15) is 37.0 Å². The highest BCUT2D eigenvalue weighted by atomic mass is 35.5. The van der Waals surface area contributed by atoms with Crippen molar-refractivity contribution in [1.29, 1.82) is 0 Å². The summed E-state index contributed by atoms with van der Waals surface area (Å²) < 4.78 is 0. The first-order valence-electron chi connectivity index (χ1n) is 7.75. The molecule has 1 aromatic rings. The molecule has 0 spiro atoms. The molecule has 1 saturated carbocycles. The van der Waals surface area contributed by atoms with Gasteiger partial charge in [-0.25, -0.2) is 9.78 Å². The summed E-state index contributed by atoms with van der Waals surface area (Å²) in [5.41, 5.74) is -0.216. The van der Waals surface area contributed by atoms with Crippen molar-refractivity contribution in [2.24, 2.45) is 11.8 Å². The Balaban J connectivity index is 1.75. The molecule has 2 bridgehead atoms. The Labute approximate surface area is 140 Å². The lowest BCUT2D eigenvalue weighted by atomic mass is 9.71. The zero-order chi connectivity index (χ0) is 16.6. The van der Waals surface area contributed by atoms with Crippen molar-refractivity contribution < 1.29 is 19.4 Å². The highest BCUT2D eigenvalue weighted by Crippen LogP contribution is 2.42. The Morgan fingerprint density at radius 1 is 1.35 bits per heavy atom. The minimum atomic E-state index is -0.769. The zero-order valence-corrected chi connectivity index (χ0v) is 13.9. The van der Waals surface area contributed by atoms with Crippen molar-refractivity contribution in [2.75, 3.05) is 0 Å². The van der Waals surface area contributed by atoms with Gasteiger partial charge in [-0.05, 0) is 49.8 Å². The highest BCUT2D eigenvalue weighted by molar-refractivity contribution is 6.30. The molecule has 2 aliphatic rings. The lowest BCUT2D eigenvalue weighted by molar-refractivity contribution is -0.415. The lowest BCUT2D eigenvalue weighted by Gasteiger charge is -2.45. The van der Waals surface area contributed by atoms with Gasteiger partial charge in [-0.3, -0.25) is 9.59 Å². The Morgan fingerprint density at radius 3 is 2.74 bits per heavy atom. The summed E-state index contributed by atoms with van der Waals surface area (Å²) in [5, 5.41) is 0.586. The zero-order valence-electron chi connectivity index (χ0n) is 13.1. The lowest BCUT2D eigenvalue weighted by Crippen LogP contribution is -2.52. The van der Waals surface area contributed by atoms with Gasteiger partial charge in [-0.2, -0.15) is 0 Å². The number of rotatable bonds is 3. The number of Topliss-reactive ketones (excluding diaryl/α,β-unsaturated/α-hetero) is 1. The molecule has 0 amide bonds. The van der Waals surface area contributed by atoms with Crippen LogP contribution in [0.4, 0.5) is 0 Å². The van der Waals surface area contributed by atoms with Crippen molar-refractivity contribution in [3.05, 3.63) is 47.0 Å². The summed E-state index contributed by atoms with van der Waals surface area (Å²) >= 11 is 5.82. The fourth-order valence-corrected chi connectivity index (χ4v) is 3.24. The number of hydrogen-bond acceptors (Lipinski definition) is 4. The minimum absolute atomic E-state index is 0.0271. The van der Waals surface area contributed by atoms with Crippen molar-refractivity contribution in [3.8, 4) is 0 Å². The van der Waals surface area contributed by atoms with Gasteiger partial charge in [0.15, 0.2) is 5.78 Å². The second kappa shape index (κ2) is 6.19. The average Bonchev–Trinajstić information content (AvgIpc) is 2.54. The van der Waals surface area contributed by atoms with Crippen LogP contribution < -0.4 is 0 Å². The molecule has 122 valence electrons. The second-order valence-corrected chi connectivity index (χ2v) is 6.93. The predicted octanol–water partition coefficient (Wildman–Crippen LogP) is 3.78. The molecule has 5 heteroatoms. The summed E-state index contributed by atoms with van der Waals surface area (Å²) in [5.74, 6) is -0.0444. The van der Waals surface area contributed by atoms with Gasteiger partial charge in [-0.15, -0.1) is 0 Å². The Hall–Kier alpha value is -1.49. The van der Waals surface area contributed by atoms with Crippen LogP contribution in [0.15, 0.2) is 36.4 Å². The third kappa shape index (κ3) is 3.25. The first-order valence-corrected chi connectivity index (χ1v) is 8.13. The molecule has 0 N–H and O–H groups in total. The fourth-order valence-electron chi connectivity index (χ4n) is 3.11. The summed E-state index contributed by atoms with van der Waals surface area (Å²) in [7, 11) is 0. The molecule has 1 saturated heterocycles. The van der Waals surface area contributed by atoms with E-state index >= 15 is 0 Å². The number of ketones is 2. The fraction of sp³-hybridized carbons (Fsp3) is 0.444. The van der Waals surface area contributed by atoms with Gasteiger partial charge in [0.05, 0.1) is 0 Å². The van der Waals surface area contributed by atoms with E-state index in [9.17, 15) is 9.59 Å². The molecule has 1 aliphatic carbocycles. The molecule has 1 heterocycles. The van der Waals surface area contributed by atoms with E-state index in [2.05, 4.69) is 0 Å². The summed E-state index contributed by atoms with van der Waals surface area (Å²) in [6, 6.07) is 6.71. The van der Waals surface area contributed by atoms with Gasteiger partial charge in [0.1, 0.15) is 17.5 Å². The Kier molecular flexibility index (Phi) is 4.41. The maximum Gasteiger partial charge on any atom is 0.185 e. The standard InChI is InChI=1S/C18H19ClO4/c1-11-16(21)9-13-10-17(11)22-23-18(13,2)8-7-15(20)12-3-5-14(19)6-4-12/h3-8,11,13,17H,9-10H2,1-2H3/b8-7+/t11-,13+,17+,18+/m0/s1. The van der Waals surface area contributed by atoms with Crippen LogP contribution in [0, 0.1) is 11.8 Å². The Morgan fingerprint density at radius 2 is 2.04 bits per heavy atom. The van der Waals surface area contributed by atoms with Crippen molar-refractivity contribution in [2.45, 2.75) is 38.4 Å². The molecular formula is C18H19ClO4. The van der Waals surface area contributed by atoms with Gasteiger partial charge in [0.2, 0.25) is 0 Å². The molecular weight excluding hydrogens is 316 g/mol. The van der Waals surface area contributed by atoms with Gasteiger partial charge < -0.3 is 0 Å². The molecule has 2 fully saturated rings. The number of carbonyl (C=O) groups excluding carboxylic acids is 2. The molecule has 0 aromatic heterocycles. The molecule has 4 nitrogen and oxygen atoms in total. The van der Waals surface area contributed by atoms with Crippen LogP contribution in [0.3, 0.4) is 0 Å². The topological polar surface area (TPSA) is 52.6 Å². The van der Waals surface area contributed by atoms with E-state index in [1.807, 2.05) is 13.8 Å². The first kappa shape index (κ1) is 16.4. The number of hydrogen-bond donors (Lipinski definition) is 0. The quantitative estimate of drug-likeness (QED) is 0.479. The second-order valence-electron chi connectivity index (χ2n) is 6.50. The van der Waals surface area contributed by atoms with Crippen molar-refractivity contribution in [1.82, 2.24) is 0 Å². The van der Waals surface area contributed by atoms with E-state index in [4.69, 9.17) is 21.4 Å². The van der Waals surface area contributed by atoms with E-state index in [0.29, 0.717) is 17.0 Å². The number of benzene rings is 1. The predicted molar refractivity (Wildman–Crippen MR) is 86.2 cm³/mol. The SMILES string of the molecule is C[C@H]1C(=O)C[C@@H]2C[C@H]1OO[C@]2(C)/C=C/C(=O)c1ccc(Cl)cc1. The number of halogens is 1.